The van der Waals surface area contributed by atoms with Gasteiger partial charge in [0.1, 0.15) is 28.7 Å². The molecule has 9 aromatic carbocycles. The lowest BCUT2D eigenvalue weighted by Gasteiger charge is -2.32. The van der Waals surface area contributed by atoms with Crippen molar-refractivity contribution in [3.63, 3.8) is 0 Å². The van der Waals surface area contributed by atoms with Crippen molar-refractivity contribution in [1.82, 2.24) is 10.6 Å². The van der Waals surface area contributed by atoms with Gasteiger partial charge in [0, 0.05) is 57.9 Å². The number of benzene rings is 9. The van der Waals surface area contributed by atoms with Gasteiger partial charge in [0.05, 0.1) is 37.1 Å². The van der Waals surface area contributed by atoms with Gasteiger partial charge in [-0.15, -0.1) is 0 Å². The highest BCUT2D eigenvalue weighted by Gasteiger charge is 2.52. The van der Waals surface area contributed by atoms with Crippen LogP contribution in [0.3, 0.4) is 0 Å². The molecule has 1 heterocycles. The molecule has 9 N–H and O–H groups in total. The van der Waals surface area contributed by atoms with Crippen LogP contribution in [0.5, 0.6) is 0 Å². The van der Waals surface area contributed by atoms with E-state index in [4.69, 9.17) is 34.4 Å². The Morgan fingerprint density at radius 2 is 0.857 bits per heavy atom. The number of allylic oxidation sites excluding steroid dienone is 3. The van der Waals surface area contributed by atoms with Crippen LogP contribution in [0.4, 0.5) is 39.8 Å². The zero-order valence-corrected chi connectivity index (χ0v) is 69.6. The topological polar surface area (TPSA) is 309 Å². The number of nitrogens with one attached hydrogen (secondary N) is 5. The van der Waals surface area contributed by atoms with Crippen LogP contribution in [0.25, 0.3) is 40.5 Å². The number of aliphatic carboxylic acids is 2. The molecule has 9 aromatic rings. The van der Waals surface area contributed by atoms with Crippen LogP contribution < -0.4 is 37.8 Å². The second-order valence-corrected chi connectivity index (χ2v) is 32.4. The third-order valence-electron chi connectivity index (χ3n) is 19.5. The summed E-state index contributed by atoms with van der Waals surface area (Å²) in [6.45, 7) is 20.9. The van der Waals surface area contributed by atoms with Crippen LogP contribution in [0.2, 0.25) is 0 Å². The third kappa shape index (κ3) is 24.7. The van der Waals surface area contributed by atoms with Gasteiger partial charge < -0.3 is 66.0 Å². The minimum absolute atomic E-state index is 0.0677. The second kappa shape index (κ2) is 38.9. The number of amides is 5. The Balaban J connectivity index is 0.000000169. The summed E-state index contributed by atoms with van der Waals surface area (Å²) in [4.78, 5) is 96.9. The fourth-order valence-electron chi connectivity index (χ4n) is 13.3. The first-order valence-corrected chi connectivity index (χ1v) is 39.4. The Labute approximate surface area is 698 Å². The highest BCUT2D eigenvalue weighted by molar-refractivity contribution is 9.10. The number of alkyl carbamates (subject to hydrolysis) is 2. The van der Waals surface area contributed by atoms with Crippen LogP contribution in [0.1, 0.15) is 174 Å². The molecule has 1 saturated heterocycles. The van der Waals surface area contributed by atoms with Gasteiger partial charge in [-0.25, -0.2) is 22.8 Å². The van der Waals surface area contributed by atoms with E-state index in [0.29, 0.717) is 103 Å². The van der Waals surface area contributed by atoms with Gasteiger partial charge in [0.15, 0.2) is 0 Å². The van der Waals surface area contributed by atoms with Crippen molar-refractivity contribution in [2.75, 3.05) is 22.6 Å². The number of carbonyl (C=O) groups excluding carboxylic acids is 6. The van der Waals surface area contributed by atoms with E-state index < -0.39 is 71.2 Å². The normalized spacial score (nSPS) is 13.5. The van der Waals surface area contributed by atoms with E-state index in [0.717, 1.165) is 55.4 Å². The SMILES string of the molecule is CC(C)(C)OC(=O)NCc1cc(F)cc(-c2cc(C(=O)Nc3ccccc3CC(=O)O)cc3c2C=CC3)c1.CC(C)(C)OC(=O)NCc1cc(F)cc(B2OC(C)(C)C(C)(C)O2)c1.CCOC(=O)Cc1ccccc1NC(=O)c1cc(Br)c2c(c1)CC=C2.NCc1cc(F)cc(-c2cc(C(=O)Nc3ccccc3CC(=O)O)cc3c2C=CC3)c1. The third-order valence-corrected chi connectivity index (χ3v) is 20.1. The zero-order valence-electron chi connectivity index (χ0n) is 68.0. The molecule has 5 amide bonds. The van der Waals surface area contributed by atoms with E-state index >= 15 is 0 Å². The molecule has 3 aliphatic carbocycles. The zero-order chi connectivity index (χ0) is 86.3. The number of carboxylic acids is 2. The van der Waals surface area contributed by atoms with Crippen molar-refractivity contribution < 1.29 is 85.3 Å². The summed E-state index contributed by atoms with van der Waals surface area (Å²) in [5.74, 6) is -4.51. The number of esters is 1. The number of para-hydroxylation sites is 3. The summed E-state index contributed by atoms with van der Waals surface area (Å²) in [5, 5.41) is 32.1. The van der Waals surface area contributed by atoms with Gasteiger partial charge in [-0.3, -0.25) is 28.8 Å². The number of anilines is 3. The fourth-order valence-corrected chi connectivity index (χ4v) is 14.0. The molecular weight excluding hydrogens is 1590 g/mol. The van der Waals surface area contributed by atoms with Crippen LogP contribution in [-0.4, -0.2) is 94.2 Å². The lowest BCUT2D eigenvalue weighted by Crippen LogP contribution is -2.41. The van der Waals surface area contributed by atoms with Crippen LogP contribution in [-0.2, 0) is 96.1 Å². The summed E-state index contributed by atoms with van der Waals surface area (Å²) in [6, 6.07) is 45.3. The highest BCUT2D eigenvalue weighted by atomic mass is 79.9. The maximum Gasteiger partial charge on any atom is 0.494 e. The summed E-state index contributed by atoms with van der Waals surface area (Å²) >= 11 is 3.52. The van der Waals surface area contributed by atoms with Crippen LogP contribution in [0, 0.1) is 17.5 Å². The molecule has 1 fully saturated rings. The summed E-state index contributed by atoms with van der Waals surface area (Å²) in [6.07, 6.45) is 12.7. The predicted molar refractivity (Wildman–Crippen MR) is 458 cm³/mol. The van der Waals surface area contributed by atoms with E-state index in [-0.39, 0.29) is 62.5 Å². The number of nitrogens with two attached hydrogens (primary N) is 1. The number of hydrogen-bond acceptors (Lipinski definition) is 14. The minimum Gasteiger partial charge on any atom is -0.481 e. The Bertz CT molecular complexity index is 5460. The lowest BCUT2D eigenvalue weighted by atomic mass is 9.78. The van der Waals surface area contributed by atoms with Crippen molar-refractivity contribution >= 4 is 112 Å². The number of carboxylic acid groups (broad SMARTS) is 2. The number of rotatable bonds is 21. The van der Waals surface area contributed by atoms with Gasteiger partial charge in [0.25, 0.3) is 17.7 Å². The van der Waals surface area contributed by atoms with Gasteiger partial charge in [-0.2, -0.15) is 0 Å². The quantitative estimate of drug-likeness (QED) is 0.0188. The fraction of sp³-hybridized carbons (Fsp3) is 0.269. The number of hydrogen-bond donors (Lipinski definition) is 8. The van der Waals surface area contributed by atoms with Crippen molar-refractivity contribution in [2.24, 2.45) is 5.73 Å². The molecular formula is C93H95BBrF3N6O15. The first-order chi connectivity index (χ1) is 56.3. The van der Waals surface area contributed by atoms with Crippen molar-refractivity contribution in [3.8, 4) is 22.3 Å². The molecule has 0 atom stereocenters. The molecule has 0 saturated carbocycles. The average molecular weight is 1680 g/mol. The smallest absolute Gasteiger partial charge is 0.481 e. The van der Waals surface area contributed by atoms with E-state index in [9.17, 15) is 56.6 Å². The number of halogens is 4. The van der Waals surface area contributed by atoms with Crippen molar-refractivity contribution in [1.29, 1.82) is 0 Å². The Hall–Kier alpha value is -12.2. The highest BCUT2D eigenvalue weighted by Crippen LogP contribution is 2.39. The molecule has 618 valence electrons. The van der Waals surface area contributed by atoms with Gasteiger partial charge >= 0.3 is 37.2 Å². The van der Waals surface area contributed by atoms with Gasteiger partial charge in [-0.1, -0.05) is 113 Å². The van der Waals surface area contributed by atoms with Gasteiger partial charge in [-0.05, 0) is 293 Å². The first-order valence-electron chi connectivity index (χ1n) is 38.6. The number of carbonyl (C=O) groups is 8. The standard InChI is InChI=1S/C30H29FN2O5.C25H21FN2O3.C20H18BrNO3.C18H27BFNO4/c1-30(2,3)38-29(37)32-17-18-11-21(14-23(31)12-18)25-15-22(13-19-8-6-9-24(19)25)28(36)33-26-10-5-4-7-20(26)16-27(34)35;26-20-9-15(14-27)8-18(11-20)22-12-19(10-16-5-3-6-21(16)22)25(31)28-23-7-2-1-4-17(23)13-24(29)30;1-2-25-19(23)12-14-6-3-4-9-18(14)22-20(24)15-10-13-7-5-8-16(13)17(21)11-15;1-16(2,3)23-15(22)21-11-12-8-13(10-14(20)9-12)19-24-17(4,5)18(6,7)25-19/h4-7,9-15H,8,16-17H2,1-3H3,(H,32,37)(H,33,36)(H,34,35);1-4,6-12H,5,13-14,27H2,(H,28,31)(H,29,30);3-6,8-11H,2,7,12H2,1H3,(H,22,24);8-10H,11H2,1-7H3,(H,21,22). The summed E-state index contributed by atoms with van der Waals surface area (Å²) in [7, 11) is -0.652. The van der Waals surface area contributed by atoms with Crippen LogP contribution in [0.15, 0.2) is 186 Å². The molecule has 119 heavy (non-hydrogen) atoms. The molecule has 21 nitrogen and oxygen atoms in total. The molecule has 0 spiro atoms. The number of ether oxygens (including phenoxy) is 3. The molecule has 0 bridgehead atoms. The summed E-state index contributed by atoms with van der Waals surface area (Å²) in [5.41, 5.74) is 19.1. The molecule has 13 rings (SSSR count). The lowest BCUT2D eigenvalue weighted by molar-refractivity contribution is -0.142. The monoisotopic (exact) mass is 1680 g/mol. The van der Waals surface area contributed by atoms with Crippen LogP contribution >= 0.6 is 15.9 Å². The number of fused-ring (bicyclic) bond motifs is 3. The molecule has 0 unspecified atom stereocenters. The largest absolute Gasteiger partial charge is 0.494 e. The maximum atomic E-state index is 14.7. The van der Waals surface area contributed by atoms with Crippen molar-refractivity contribution in [3.05, 3.63) is 287 Å². The maximum absolute atomic E-state index is 14.7. The van der Waals surface area contributed by atoms with Gasteiger partial charge in [0.2, 0.25) is 0 Å². The van der Waals surface area contributed by atoms with E-state index in [1.807, 2.05) is 94.5 Å². The molecule has 26 heteroatoms. The Kier molecular flexibility index (Phi) is 29.1. The van der Waals surface area contributed by atoms with E-state index in [2.05, 4.69) is 54.7 Å². The molecule has 0 aromatic heterocycles. The minimum atomic E-state index is -0.999. The molecule has 4 aliphatic rings. The second-order valence-electron chi connectivity index (χ2n) is 31.6. The first kappa shape index (κ1) is 89.1. The summed E-state index contributed by atoms with van der Waals surface area (Å²) < 4.78 is 71.1. The van der Waals surface area contributed by atoms with E-state index in [1.54, 1.807) is 133 Å². The predicted octanol–water partition coefficient (Wildman–Crippen LogP) is 17.9. The van der Waals surface area contributed by atoms with E-state index in [1.165, 1.54) is 36.4 Å². The van der Waals surface area contributed by atoms with Crippen molar-refractivity contribution in [2.45, 2.75) is 157 Å². The molecule has 0 radical (unpaired) electrons. The average Bonchev–Trinajstić information content (AvgIpc) is 1.67. The Morgan fingerprint density at radius 1 is 0.487 bits per heavy atom. The Morgan fingerprint density at radius 3 is 1.27 bits per heavy atom. The molecule has 1 aliphatic heterocycles.